The summed E-state index contributed by atoms with van der Waals surface area (Å²) in [7, 11) is 0. The van der Waals surface area contributed by atoms with Crippen molar-refractivity contribution in [2.24, 2.45) is 5.92 Å². The Morgan fingerprint density at radius 2 is 2.36 bits per heavy atom. The van der Waals surface area contributed by atoms with E-state index in [-0.39, 0.29) is 0 Å². The van der Waals surface area contributed by atoms with Crippen molar-refractivity contribution in [2.75, 3.05) is 19.6 Å². The number of carbonyl (C=O) groups is 1. The van der Waals surface area contributed by atoms with E-state index in [9.17, 15) is 10.0 Å². The van der Waals surface area contributed by atoms with Gasteiger partial charge in [-0.25, -0.2) is 5.21 Å². The first kappa shape index (κ1) is 11.0. The van der Waals surface area contributed by atoms with E-state index in [4.69, 9.17) is 5.11 Å². The fourth-order valence-electron chi connectivity index (χ4n) is 1.71. The quantitative estimate of drug-likeness (QED) is 0.639. The van der Waals surface area contributed by atoms with E-state index in [1.807, 2.05) is 11.5 Å². The molecule has 5 nitrogen and oxygen atoms in total. The molecule has 0 aromatic rings. The van der Waals surface area contributed by atoms with Crippen LogP contribution in [0.3, 0.4) is 0 Å². The van der Waals surface area contributed by atoms with Gasteiger partial charge in [-0.1, -0.05) is 6.92 Å². The van der Waals surface area contributed by atoms with Gasteiger partial charge in [-0.05, 0) is 13.3 Å². The topological polar surface area (TPSA) is 63.8 Å². The third-order valence-electron chi connectivity index (χ3n) is 2.42. The summed E-state index contributed by atoms with van der Waals surface area (Å²) in [5, 5.41) is 19.4. The first-order valence-electron chi connectivity index (χ1n) is 4.89. The maximum Gasteiger partial charge on any atom is 0.318 e. The second kappa shape index (κ2) is 4.41. The molecular formula is C9H17N2O3+. The second-order valence-electron chi connectivity index (χ2n) is 3.53. The number of carboxylic acid groups (broad SMARTS) is 1. The van der Waals surface area contributed by atoms with Crippen molar-refractivity contribution in [1.29, 1.82) is 0 Å². The molecule has 1 unspecified atom stereocenters. The van der Waals surface area contributed by atoms with E-state index in [0.717, 1.165) is 18.0 Å². The van der Waals surface area contributed by atoms with Crippen molar-refractivity contribution in [2.45, 2.75) is 20.3 Å². The largest absolute Gasteiger partial charge is 0.481 e. The summed E-state index contributed by atoms with van der Waals surface area (Å²) in [5.74, 6) is -1.03. The van der Waals surface area contributed by atoms with E-state index in [2.05, 4.69) is 0 Å². The lowest BCUT2D eigenvalue weighted by molar-refractivity contribution is -0.520. The van der Waals surface area contributed by atoms with E-state index < -0.39 is 11.9 Å². The normalized spacial score (nSPS) is 18.9. The van der Waals surface area contributed by atoms with Crippen molar-refractivity contribution in [3.63, 3.8) is 0 Å². The summed E-state index contributed by atoms with van der Waals surface area (Å²) in [6.07, 6.45) is 0.948. The molecule has 0 amide bonds. The second-order valence-corrected chi connectivity index (χ2v) is 3.53. The standard InChI is InChI=1S/C9H16N2O3/c1-3-4-10-5-6-11(14)8(10)7(2)9(12)13/h7H,3-6H2,1-2H3,(H-,12,13,14)/p+1. The predicted molar refractivity (Wildman–Crippen MR) is 50.6 cm³/mol. The lowest BCUT2D eigenvalue weighted by Crippen LogP contribution is -2.36. The van der Waals surface area contributed by atoms with Crippen molar-refractivity contribution in [3.05, 3.63) is 0 Å². The summed E-state index contributed by atoms with van der Waals surface area (Å²) in [5.41, 5.74) is 0. The van der Waals surface area contributed by atoms with Gasteiger partial charge in [0.15, 0.2) is 12.5 Å². The van der Waals surface area contributed by atoms with Gasteiger partial charge in [0.1, 0.15) is 6.54 Å². The van der Waals surface area contributed by atoms with Crippen LogP contribution in [0.4, 0.5) is 0 Å². The van der Waals surface area contributed by atoms with Gasteiger partial charge in [0, 0.05) is 0 Å². The molecule has 0 saturated heterocycles. The van der Waals surface area contributed by atoms with Crippen LogP contribution in [0.2, 0.25) is 0 Å². The maximum atomic E-state index is 10.8. The van der Waals surface area contributed by atoms with Crippen LogP contribution in [-0.2, 0) is 4.79 Å². The molecular weight excluding hydrogens is 184 g/mol. The first-order chi connectivity index (χ1) is 6.57. The third-order valence-corrected chi connectivity index (χ3v) is 2.42. The highest BCUT2D eigenvalue weighted by Gasteiger charge is 2.37. The zero-order valence-electron chi connectivity index (χ0n) is 8.60. The van der Waals surface area contributed by atoms with Gasteiger partial charge in [-0.15, -0.1) is 5.06 Å². The van der Waals surface area contributed by atoms with Gasteiger partial charge >= 0.3 is 5.97 Å². The first-order valence-corrected chi connectivity index (χ1v) is 4.89. The fraction of sp³-hybridized carbons (Fsp3) is 0.778. The summed E-state index contributed by atoms with van der Waals surface area (Å²) >= 11 is 0. The van der Waals surface area contributed by atoms with Crippen LogP contribution >= 0.6 is 0 Å². The van der Waals surface area contributed by atoms with Gasteiger partial charge in [-0.2, -0.15) is 0 Å². The molecule has 0 bridgehead atoms. The predicted octanol–water partition coefficient (Wildman–Crippen LogP) is 0.233. The molecule has 1 heterocycles. The highest BCUT2D eigenvalue weighted by molar-refractivity contribution is 5.97. The number of hydroxylamine groups is 2. The Morgan fingerprint density at radius 3 is 2.86 bits per heavy atom. The minimum absolute atomic E-state index is 0.493. The number of hydrogen-bond acceptors (Lipinski definition) is 3. The van der Waals surface area contributed by atoms with E-state index in [1.54, 1.807) is 6.92 Å². The van der Waals surface area contributed by atoms with Crippen LogP contribution in [0.15, 0.2) is 0 Å². The van der Waals surface area contributed by atoms with Gasteiger partial charge in [0.25, 0.3) is 5.84 Å². The summed E-state index contributed by atoms with van der Waals surface area (Å²) in [4.78, 5) is 10.8. The molecule has 0 spiro atoms. The molecule has 0 aromatic carbocycles. The van der Waals surface area contributed by atoms with Crippen LogP contribution in [0.25, 0.3) is 0 Å². The average molecular weight is 201 g/mol. The van der Waals surface area contributed by atoms with Gasteiger partial charge in [-0.3, -0.25) is 9.37 Å². The molecule has 1 rings (SSSR count). The molecule has 14 heavy (non-hydrogen) atoms. The zero-order chi connectivity index (χ0) is 10.7. The Kier molecular flexibility index (Phi) is 3.46. The Bertz CT molecular complexity index is 263. The van der Waals surface area contributed by atoms with Crippen LogP contribution in [0, 0.1) is 5.92 Å². The molecule has 80 valence electrons. The Morgan fingerprint density at radius 1 is 1.71 bits per heavy atom. The van der Waals surface area contributed by atoms with E-state index in [1.165, 1.54) is 0 Å². The number of rotatable bonds is 4. The summed E-state index contributed by atoms with van der Waals surface area (Å²) < 4.78 is 1.93. The van der Waals surface area contributed by atoms with Crippen molar-refractivity contribution in [1.82, 2.24) is 5.06 Å². The molecule has 1 aliphatic rings. The monoisotopic (exact) mass is 201 g/mol. The van der Waals surface area contributed by atoms with E-state index >= 15 is 0 Å². The molecule has 5 heteroatoms. The molecule has 2 N–H and O–H groups in total. The summed E-state index contributed by atoms with van der Waals surface area (Å²) in [6.45, 7) is 5.62. The number of carboxylic acids is 1. The maximum absolute atomic E-state index is 10.8. The van der Waals surface area contributed by atoms with Crippen molar-refractivity contribution in [3.8, 4) is 0 Å². The number of nitrogens with zero attached hydrogens (tertiary/aromatic N) is 2. The fourth-order valence-corrected chi connectivity index (χ4v) is 1.71. The molecule has 0 saturated carbocycles. The molecule has 0 fully saturated rings. The lowest BCUT2D eigenvalue weighted by atomic mass is 10.1. The van der Waals surface area contributed by atoms with Crippen LogP contribution < -0.4 is 0 Å². The Balaban J connectivity index is 2.87. The van der Waals surface area contributed by atoms with Crippen LogP contribution in [0.1, 0.15) is 20.3 Å². The van der Waals surface area contributed by atoms with E-state index in [0.29, 0.717) is 18.9 Å². The Labute approximate surface area is 83.2 Å². The molecule has 0 aromatic heterocycles. The average Bonchev–Trinajstić information content (AvgIpc) is 2.47. The van der Waals surface area contributed by atoms with Crippen LogP contribution in [-0.4, -0.2) is 51.4 Å². The van der Waals surface area contributed by atoms with Crippen molar-refractivity contribution >= 4 is 11.8 Å². The smallest absolute Gasteiger partial charge is 0.318 e. The molecule has 0 aliphatic carbocycles. The minimum Gasteiger partial charge on any atom is -0.481 e. The highest BCUT2D eigenvalue weighted by Crippen LogP contribution is 2.09. The number of aliphatic carboxylic acids is 1. The third kappa shape index (κ3) is 2.04. The van der Waals surface area contributed by atoms with Crippen LogP contribution in [0.5, 0.6) is 0 Å². The van der Waals surface area contributed by atoms with Gasteiger partial charge in [0.05, 0.1) is 6.54 Å². The lowest BCUT2D eigenvalue weighted by Gasteiger charge is -2.09. The van der Waals surface area contributed by atoms with Gasteiger partial charge in [0.2, 0.25) is 0 Å². The molecule has 1 aliphatic heterocycles. The Hall–Kier alpha value is -1.10. The SMILES string of the molecule is CCC[N+]1=C(C(C)C(=O)O)N(O)CC1. The number of amidine groups is 1. The highest BCUT2D eigenvalue weighted by atomic mass is 16.5. The number of hydrogen-bond donors (Lipinski definition) is 2. The molecule has 1 atom stereocenters. The van der Waals surface area contributed by atoms with Gasteiger partial charge < -0.3 is 5.11 Å². The summed E-state index contributed by atoms with van der Waals surface area (Å²) in [6, 6.07) is 0. The molecule has 0 radical (unpaired) electrons. The van der Waals surface area contributed by atoms with Crippen molar-refractivity contribution < 1.29 is 19.7 Å². The zero-order valence-corrected chi connectivity index (χ0v) is 8.60. The minimum atomic E-state index is -0.901.